The second kappa shape index (κ2) is 5.80. The molecular weight excluding hydrogens is 256 g/mol. The summed E-state index contributed by atoms with van der Waals surface area (Å²) in [6.45, 7) is 8.36. The van der Waals surface area contributed by atoms with Crippen LogP contribution in [0.1, 0.15) is 24.1 Å². The normalized spacial score (nSPS) is 10.7. The van der Waals surface area contributed by atoms with Crippen LogP contribution in [0.15, 0.2) is 67.8 Å². The zero-order chi connectivity index (χ0) is 14.7. The molecule has 0 unspecified atom stereocenters. The number of hydrogen-bond acceptors (Lipinski definition) is 1. The van der Waals surface area contributed by atoms with Gasteiger partial charge in [0.25, 0.3) is 0 Å². The Kier molecular flexibility index (Phi) is 3.69. The molecule has 1 aromatic heterocycles. The summed E-state index contributed by atoms with van der Waals surface area (Å²) >= 11 is 0. The number of allylic oxidation sites excluding steroid dienone is 2. The molecule has 0 spiro atoms. The highest BCUT2D eigenvalue weighted by atomic mass is 15.1. The van der Waals surface area contributed by atoms with Gasteiger partial charge < -0.3 is 0 Å². The fraction of sp³-hybridized carbons (Fsp3) is 0.105. The van der Waals surface area contributed by atoms with Gasteiger partial charge in [-0.15, -0.1) is 0 Å². The Bertz CT molecular complexity index is 781. The molecule has 0 fully saturated rings. The lowest BCUT2D eigenvalue weighted by molar-refractivity contribution is 1.04. The van der Waals surface area contributed by atoms with E-state index in [-0.39, 0.29) is 0 Å². The summed E-state index contributed by atoms with van der Waals surface area (Å²) in [5, 5.41) is 8.58. The largest absolute Gasteiger partial charge is 0.277 e. The Morgan fingerprint density at radius 2 is 1.52 bits per heavy atom. The van der Waals surface area contributed by atoms with E-state index in [0.717, 1.165) is 40.6 Å². The van der Waals surface area contributed by atoms with E-state index < -0.39 is 0 Å². The van der Waals surface area contributed by atoms with Crippen LogP contribution >= 0.6 is 0 Å². The molecule has 0 aliphatic carbocycles. The Balaban J connectivity index is 1.71. The third-order valence-electron chi connectivity index (χ3n) is 3.72. The first-order valence-electron chi connectivity index (χ1n) is 7.10. The fourth-order valence-electron chi connectivity index (χ4n) is 2.47. The van der Waals surface area contributed by atoms with Gasteiger partial charge in [-0.3, -0.25) is 5.10 Å². The summed E-state index contributed by atoms with van der Waals surface area (Å²) in [5.41, 5.74) is 5.39. The van der Waals surface area contributed by atoms with Crippen molar-refractivity contribution < 1.29 is 0 Å². The van der Waals surface area contributed by atoms with Gasteiger partial charge in [-0.1, -0.05) is 61.7 Å². The van der Waals surface area contributed by atoms with Gasteiger partial charge in [-0.05, 0) is 35.6 Å². The maximum atomic E-state index is 4.39. The van der Waals surface area contributed by atoms with Gasteiger partial charge in [0.05, 0.1) is 11.2 Å². The molecule has 2 aromatic carbocycles. The molecule has 0 saturated heterocycles. The molecule has 0 saturated carbocycles. The summed E-state index contributed by atoms with van der Waals surface area (Å²) in [6.07, 6.45) is 1.76. The summed E-state index contributed by atoms with van der Waals surface area (Å²) in [6, 6.07) is 18.4. The van der Waals surface area contributed by atoms with Crippen molar-refractivity contribution in [2.24, 2.45) is 0 Å². The Labute approximate surface area is 124 Å². The number of aromatic amines is 1. The summed E-state index contributed by atoms with van der Waals surface area (Å²) in [7, 11) is 0. The monoisotopic (exact) mass is 274 g/mol. The molecule has 1 heterocycles. The zero-order valence-corrected chi connectivity index (χ0v) is 12.0. The molecule has 0 atom stereocenters. The predicted octanol–water partition coefficient (Wildman–Crippen LogP) is 5.07. The minimum atomic E-state index is 0.864. The second-order valence-corrected chi connectivity index (χ2v) is 5.19. The van der Waals surface area contributed by atoms with Gasteiger partial charge in [0.2, 0.25) is 0 Å². The molecular formula is C19H18N2. The molecule has 0 aliphatic rings. The lowest BCUT2D eigenvalue weighted by Crippen LogP contribution is -1.88. The summed E-state index contributed by atoms with van der Waals surface area (Å²) in [4.78, 5) is 0. The lowest BCUT2D eigenvalue weighted by Gasteiger charge is -2.07. The Morgan fingerprint density at radius 1 is 0.857 bits per heavy atom. The molecule has 0 radical (unpaired) electrons. The Morgan fingerprint density at radius 3 is 2.33 bits per heavy atom. The second-order valence-electron chi connectivity index (χ2n) is 5.19. The number of aromatic nitrogens is 2. The zero-order valence-electron chi connectivity index (χ0n) is 12.0. The van der Waals surface area contributed by atoms with E-state index in [9.17, 15) is 0 Å². The van der Waals surface area contributed by atoms with Crippen molar-refractivity contribution in [1.82, 2.24) is 10.2 Å². The van der Waals surface area contributed by atoms with Gasteiger partial charge in [-0.2, -0.15) is 5.10 Å². The molecule has 21 heavy (non-hydrogen) atoms. The number of para-hydroxylation sites is 1. The van der Waals surface area contributed by atoms with E-state index in [1.54, 1.807) is 0 Å². The third kappa shape index (κ3) is 2.79. The minimum absolute atomic E-state index is 0.864. The van der Waals surface area contributed by atoms with E-state index >= 15 is 0 Å². The number of rotatable bonds is 5. The van der Waals surface area contributed by atoms with Crippen LogP contribution in [0.3, 0.4) is 0 Å². The number of benzene rings is 2. The number of H-pyrrole nitrogens is 1. The van der Waals surface area contributed by atoms with Crippen LogP contribution in [0.4, 0.5) is 0 Å². The first kappa shape index (κ1) is 13.4. The topological polar surface area (TPSA) is 28.7 Å². The standard InChI is InChI=1S/C19H18N2/c1-14(16-8-4-3-5-9-16)12-13-15(2)19-17-10-6-7-11-18(17)20-21-19/h3-11H,1-2,12-13H2,(H,20,21). The van der Waals surface area contributed by atoms with E-state index in [0.29, 0.717) is 0 Å². The van der Waals surface area contributed by atoms with Crippen molar-refractivity contribution >= 4 is 22.0 Å². The first-order chi connectivity index (χ1) is 10.3. The van der Waals surface area contributed by atoms with Crippen molar-refractivity contribution in [3.63, 3.8) is 0 Å². The summed E-state index contributed by atoms with van der Waals surface area (Å²) < 4.78 is 0. The van der Waals surface area contributed by atoms with Crippen LogP contribution in [0.2, 0.25) is 0 Å². The van der Waals surface area contributed by atoms with Gasteiger partial charge >= 0.3 is 0 Å². The summed E-state index contributed by atoms with van der Waals surface area (Å²) in [5.74, 6) is 0. The highest BCUT2D eigenvalue weighted by molar-refractivity contribution is 5.89. The van der Waals surface area contributed by atoms with Crippen LogP contribution in [-0.2, 0) is 0 Å². The Hall–Kier alpha value is -2.61. The van der Waals surface area contributed by atoms with Crippen molar-refractivity contribution in [1.29, 1.82) is 0 Å². The molecule has 3 rings (SSSR count). The van der Waals surface area contributed by atoms with Crippen molar-refractivity contribution in [3.8, 4) is 0 Å². The minimum Gasteiger partial charge on any atom is -0.277 e. The molecule has 1 N–H and O–H groups in total. The van der Waals surface area contributed by atoms with Gasteiger partial charge in [-0.25, -0.2) is 0 Å². The van der Waals surface area contributed by atoms with Crippen LogP contribution in [0.25, 0.3) is 22.0 Å². The smallest absolute Gasteiger partial charge is 0.0953 e. The van der Waals surface area contributed by atoms with E-state index in [2.05, 4.69) is 41.6 Å². The maximum absolute atomic E-state index is 4.39. The highest BCUT2D eigenvalue weighted by Gasteiger charge is 2.09. The SMILES string of the molecule is C=C(CCC(=C)c1n[nH]c2ccccc12)c1ccccc1. The quantitative estimate of drug-likeness (QED) is 0.691. The van der Waals surface area contributed by atoms with Crippen LogP contribution < -0.4 is 0 Å². The lowest BCUT2D eigenvalue weighted by atomic mass is 9.98. The molecule has 0 aliphatic heterocycles. The van der Waals surface area contributed by atoms with Gasteiger partial charge in [0.15, 0.2) is 0 Å². The molecule has 2 nitrogen and oxygen atoms in total. The van der Waals surface area contributed by atoms with Crippen molar-refractivity contribution in [3.05, 3.63) is 79.0 Å². The van der Waals surface area contributed by atoms with Gasteiger partial charge in [0.1, 0.15) is 0 Å². The van der Waals surface area contributed by atoms with Gasteiger partial charge in [0, 0.05) is 5.39 Å². The number of fused-ring (bicyclic) bond motifs is 1. The van der Waals surface area contributed by atoms with E-state index in [4.69, 9.17) is 0 Å². The van der Waals surface area contributed by atoms with Crippen LogP contribution in [0, 0.1) is 0 Å². The fourth-order valence-corrected chi connectivity index (χ4v) is 2.47. The molecule has 104 valence electrons. The molecule has 3 aromatic rings. The third-order valence-corrected chi connectivity index (χ3v) is 3.72. The van der Waals surface area contributed by atoms with E-state index in [1.807, 2.05) is 36.4 Å². The molecule has 2 heteroatoms. The van der Waals surface area contributed by atoms with Crippen molar-refractivity contribution in [2.45, 2.75) is 12.8 Å². The van der Waals surface area contributed by atoms with Crippen LogP contribution in [0.5, 0.6) is 0 Å². The predicted molar refractivity (Wildman–Crippen MR) is 89.8 cm³/mol. The molecule has 0 bridgehead atoms. The van der Waals surface area contributed by atoms with Crippen LogP contribution in [-0.4, -0.2) is 10.2 Å². The first-order valence-corrected chi connectivity index (χ1v) is 7.10. The number of nitrogens with one attached hydrogen (secondary N) is 1. The number of hydrogen-bond donors (Lipinski definition) is 1. The van der Waals surface area contributed by atoms with Crippen molar-refractivity contribution in [2.75, 3.05) is 0 Å². The average molecular weight is 274 g/mol. The maximum Gasteiger partial charge on any atom is 0.0953 e. The number of nitrogens with zero attached hydrogens (tertiary/aromatic N) is 1. The van der Waals surface area contributed by atoms with E-state index in [1.165, 1.54) is 5.56 Å². The highest BCUT2D eigenvalue weighted by Crippen LogP contribution is 2.27. The average Bonchev–Trinajstić information content (AvgIpc) is 2.97. The molecule has 0 amide bonds.